The van der Waals surface area contributed by atoms with Gasteiger partial charge in [-0.3, -0.25) is 4.90 Å². The van der Waals surface area contributed by atoms with Crippen molar-refractivity contribution in [1.29, 1.82) is 0 Å². The highest BCUT2D eigenvalue weighted by atomic mass is 79.9. The monoisotopic (exact) mass is 330 g/mol. The van der Waals surface area contributed by atoms with E-state index in [1.807, 2.05) is 11.3 Å². The van der Waals surface area contributed by atoms with E-state index < -0.39 is 0 Å². The van der Waals surface area contributed by atoms with E-state index in [2.05, 4.69) is 51.6 Å². The molecule has 1 aliphatic rings. The Labute approximate surface area is 123 Å². The highest BCUT2D eigenvalue weighted by Crippen LogP contribution is 2.40. The van der Waals surface area contributed by atoms with E-state index in [1.54, 1.807) is 0 Å². The number of likely N-dealkylation sites (tertiary alicyclic amines) is 1. The molecule has 4 heteroatoms. The van der Waals surface area contributed by atoms with Gasteiger partial charge in [0.05, 0.1) is 0 Å². The molecule has 0 saturated carbocycles. The third-order valence-corrected chi connectivity index (χ3v) is 5.70. The van der Waals surface area contributed by atoms with Crippen molar-refractivity contribution in [3.8, 4) is 0 Å². The summed E-state index contributed by atoms with van der Waals surface area (Å²) in [5, 5.41) is 5.79. The number of halogens is 1. The number of nitrogens with one attached hydrogen (secondary N) is 1. The van der Waals surface area contributed by atoms with E-state index in [0.29, 0.717) is 6.04 Å². The predicted molar refractivity (Wildman–Crippen MR) is 83.3 cm³/mol. The highest BCUT2D eigenvalue weighted by Gasteiger charge is 2.32. The van der Waals surface area contributed by atoms with Crippen LogP contribution in [-0.4, -0.2) is 31.6 Å². The molecule has 102 valence electrons. The average Bonchev–Trinajstić information content (AvgIpc) is 2.76. The summed E-state index contributed by atoms with van der Waals surface area (Å²) in [6.45, 7) is 5.73. The van der Waals surface area contributed by atoms with Gasteiger partial charge in [0, 0.05) is 15.4 Å². The largest absolute Gasteiger partial charge is 0.316 e. The Morgan fingerprint density at radius 1 is 1.56 bits per heavy atom. The van der Waals surface area contributed by atoms with Crippen LogP contribution in [0.15, 0.2) is 15.9 Å². The van der Waals surface area contributed by atoms with Gasteiger partial charge in [-0.15, -0.1) is 11.3 Å². The van der Waals surface area contributed by atoms with E-state index >= 15 is 0 Å². The number of hydrogen-bond donors (Lipinski definition) is 1. The molecular weight excluding hydrogens is 308 g/mol. The minimum atomic E-state index is 0.581. The maximum Gasteiger partial charge on any atom is 0.0490 e. The second kappa shape index (κ2) is 7.04. The minimum absolute atomic E-state index is 0.581. The lowest BCUT2D eigenvalue weighted by molar-refractivity contribution is 0.122. The molecule has 18 heavy (non-hydrogen) atoms. The zero-order valence-electron chi connectivity index (χ0n) is 11.3. The van der Waals surface area contributed by atoms with E-state index in [-0.39, 0.29) is 0 Å². The van der Waals surface area contributed by atoms with Crippen LogP contribution < -0.4 is 5.32 Å². The summed E-state index contributed by atoms with van der Waals surface area (Å²) in [4.78, 5) is 4.03. The number of thiophene rings is 1. The fraction of sp³-hybridized carbons (Fsp3) is 0.714. The maximum atomic E-state index is 3.70. The smallest absolute Gasteiger partial charge is 0.0490 e. The number of rotatable bonds is 5. The molecular formula is C14H23BrN2S. The van der Waals surface area contributed by atoms with Gasteiger partial charge in [0.2, 0.25) is 0 Å². The Balaban J connectivity index is 2.08. The highest BCUT2D eigenvalue weighted by molar-refractivity contribution is 9.10. The van der Waals surface area contributed by atoms with Crippen LogP contribution in [0.5, 0.6) is 0 Å². The topological polar surface area (TPSA) is 15.3 Å². The summed E-state index contributed by atoms with van der Waals surface area (Å²) in [7, 11) is 2.27. The van der Waals surface area contributed by atoms with Crippen molar-refractivity contribution in [3.63, 3.8) is 0 Å². The molecule has 2 heterocycles. The Hall–Kier alpha value is 0.100. The van der Waals surface area contributed by atoms with Crippen molar-refractivity contribution >= 4 is 27.3 Å². The summed E-state index contributed by atoms with van der Waals surface area (Å²) < 4.78 is 1.28. The van der Waals surface area contributed by atoms with Crippen LogP contribution in [0.1, 0.15) is 37.1 Å². The molecule has 2 nitrogen and oxygen atoms in total. The lowest BCUT2D eigenvalue weighted by Crippen LogP contribution is -2.40. The van der Waals surface area contributed by atoms with Crippen LogP contribution in [0, 0.1) is 5.92 Å². The van der Waals surface area contributed by atoms with Crippen LogP contribution >= 0.6 is 27.3 Å². The lowest BCUT2D eigenvalue weighted by atomic mass is 9.88. The zero-order valence-corrected chi connectivity index (χ0v) is 13.7. The standard InChI is InChI=1S/C14H23BrN2S/c1-3-7-16-10-11-5-4-8-17(2)13(11)14-12(15)6-9-18-14/h6,9,11,13,16H,3-5,7-8,10H2,1-2H3. The Bertz CT molecular complexity index is 366. The van der Waals surface area contributed by atoms with Gasteiger partial charge in [-0.2, -0.15) is 0 Å². The normalized spacial score (nSPS) is 25.5. The zero-order chi connectivity index (χ0) is 13.0. The molecule has 2 atom stereocenters. The molecule has 1 aromatic rings. The van der Waals surface area contributed by atoms with E-state index in [9.17, 15) is 0 Å². The molecule has 1 N–H and O–H groups in total. The second-order valence-corrected chi connectivity index (χ2v) is 6.97. The fourth-order valence-corrected chi connectivity index (χ4v) is 4.73. The number of piperidine rings is 1. The number of nitrogens with zero attached hydrogens (tertiary/aromatic N) is 1. The van der Waals surface area contributed by atoms with Crippen LogP contribution in [0.3, 0.4) is 0 Å². The van der Waals surface area contributed by atoms with Gasteiger partial charge in [-0.05, 0) is 79.2 Å². The molecule has 0 radical (unpaired) electrons. The van der Waals surface area contributed by atoms with Gasteiger partial charge in [0.1, 0.15) is 0 Å². The van der Waals surface area contributed by atoms with Crippen molar-refractivity contribution in [1.82, 2.24) is 10.2 Å². The second-order valence-electron chi connectivity index (χ2n) is 5.16. The Morgan fingerprint density at radius 2 is 2.39 bits per heavy atom. The average molecular weight is 331 g/mol. The quantitative estimate of drug-likeness (QED) is 0.824. The lowest BCUT2D eigenvalue weighted by Gasteiger charge is -2.39. The Morgan fingerprint density at radius 3 is 3.06 bits per heavy atom. The third-order valence-electron chi connectivity index (χ3n) is 3.75. The first-order valence-electron chi connectivity index (χ1n) is 6.88. The van der Waals surface area contributed by atoms with Crippen LogP contribution in [0.25, 0.3) is 0 Å². The molecule has 1 aromatic heterocycles. The van der Waals surface area contributed by atoms with Crippen molar-refractivity contribution in [2.45, 2.75) is 32.2 Å². The number of hydrogen-bond acceptors (Lipinski definition) is 3. The summed E-state index contributed by atoms with van der Waals surface area (Å²) in [5.74, 6) is 0.741. The van der Waals surface area contributed by atoms with Crippen LogP contribution in [0.2, 0.25) is 0 Å². The first kappa shape index (κ1) is 14.5. The molecule has 2 unspecified atom stereocenters. The fourth-order valence-electron chi connectivity index (χ4n) is 2.87. The molecule has 1 fully saturated rings. The van der Waals surface area contributed by atoms with Gasteiger partial charge < -0.3 is 5.32 Å². The summed E-state index contributed by atoms with van der Waals surface area (Å²) in [6, 6.07) is 2.76. The Kier molecular flexibility index (Phi) is 5.67. The van der Waals surface area contributed by atoms with Crippen molar-refractivity contribution in [2.24, 2.45) is 5.92 Å². The molecule has 1 aliphatic heterocycles. The van der Waals surface area contributed by atoms with Gasteiger partial charge in [0.25, 0.3) is 0 Å². The molecule has 1 saturated heterocycles. The minimum Gasteiger partial charge on any atom is -0.316 e. The molecule has 0 spiro atoms. The molecule has 0 bridgehead atoms. The summed E-state index contributed by atoms with van der Waals surface area (Å²) in [5.41, 5.74) is 0. The van der Waals surface area contributed by atoms with E-state index in [1.165, 1.54) is 35.2 Å². The van der Waals surface area contributed by atoms with E-state index in [0.717, 1.165) is 19.0 Å². The molecule has 2 rings (SSSR count). The van der Waals surface area contributed by atoms with Crippen molar-refractivity contribution < 1.29 is 0 Å². The summed E-state index contributed by atoms with van der Waals surface area (Å²) in [6.07, 6.45) is 3.89. The van der Waals surface area contributed by atoms with Gasteiger partial charge in [0.15, 0.2) is 0 Å². The predicted octanol–water partition coefficient (Wildman–Crippen LogP) is 3.89. The van der Waals surface area contributed by atoms with Gasteiger partial charge in [-0.25, -0.2) is 0 Å². The van der Waals surface area contributed by atoms with Gasteiger partial charge in [-0.1, -0.05) is 6.92 Å². The van der Waals surface area contributed by atoms with Crippen molar-refractivity contribution in [2.75, 3.05) is 26.7 Å². The third kappa shape index (κ3) is 3.35. The van der Waals surface area contributed by atoms with Crippen molar-refractivity contribution in [3.05, 3.63) is 20.8 Å². The van der Waals surface area contributed by atoms with E-state index in [4.69, 9.17) is 0 Å². The van der Waals surface area contributed by atoms with Crippen LogP contribution in [0.4, 0.5) is 0 Å². The first-order valence-corrected chi connectivity index (χ1v) is 8.55. The summed E-state index contributed by atoms with van der Waals surface area (Å²) >= 11 is 5.59. The molecule has 0 aromatic carbocycles. The maximum absolute atomic E-state index is 3.70. The van der Waals surface area contributed by atoms with Gasteiger partial charge >= 0.3 is 0 Å². The SMILES string of the molecule is CCCNCC1CCCN(C)C1c1sccc1Br. The van der Waals surface area contributed by atoms with Crippen LogP contribution in [-0.2, 0) is 0 Å². The first-order chi connectivity index (χ1) is 8.74. The molecule has 0 amide bonds. The molecule has 0 aliphatic carbocycles.